The van der Waals surface area contributed by atoms with E-state index in [4.69, 9.17) is 16.0 Å². The van der Waals surface area contributed by atoms with E-state index in [2.05, 4.69) is 15.1 Å². The average molecular weight is 467 g/mol. The first kappa shape index (κ1) is 21.3. The number of nitro benzene ring substituents is 1. The first-order chi connectivity index (χ1) is 16.0. The summed E-state index contributed by atoms with van der Waals surface area (Å²) in [6.07, 6.45) is 2.01. The van der Waals surface area contributed by atoms with Crippen LogP contribution in [-0.2, 0) is 17.8 Å². The molecule has 170 valence electrons. The number of furan rings is 1. The van der Waals surface area contributed by atoms with Crippen molar-refractivity contribution < 1.29 is 14.1 Å². The van der Waals surface area contributed by atoms with Gasteiger partial charge in [0.15, 0.2) is 0 Å². The summed E-state index contributed by atoms with van der Waals surface area (Å²) in [4.78, 5) is 28.7. The predicted molar refractivity (Wildman–Crippen MR) is 126 cm³/mol. The van der Waals surface area contributed by atoms with E-state index in [1.165, 1.54) is 0 Å². The molecule has 1 aromatic heterocycles. The van der Waals surface area contributed by atoms with E-state index in [1.54, 1.807) is 24.5 Å². The summed E-state index contributed by atoms with van der Waals surface area (Å²) in [5.74, 6) is 0.236. The van der Waals surface area contributed by atoms with E-state index >= 15 is 0 Å². The first-order valence-corrected chi connectivity index (χ1v) is 11.2. The average Bonchev–Trinajstić information content (AvgIpc) is 3.35. The van der Waals surface area contributed by atoms with E-state index in [0.29, 0.717) is 36.8 Å². The maximum atomic E-state index is 13.3. The van der Waals surface area contributed by atoms with E-state index in [9.17, 15) is 14.9 Å². The molecule has 0 aliphatic carbocycles. The Balaban J connectivity index is 1.44. The molecule has 2 aromatic carbocycles. The van der Waals surface area contributed by atoms with Crippen LogP contribution in [0.5, 0.6) is 0 Å². The molecule has 2 aliphatic heterocycles. The van der Waals surface area contributed by atoms with E-state index in [1.807, 2.05) is 36.4 Å². The lowest BCUT2D eigenvalue weighted by molar-refractivity contribution is -0.384. The summed E-state index contributed by atoms with van der Waals surface area (Å²) in [7, 11) is 0. The summed E-state index contributed by atoms with van der Waals surface area (Å²) >= 11 is 6.06. The van der Waals surface area contributed by atoms with Crippen molar-refractivity contribution in [2.75, 3.05) is 29.4 Å². The number of benzene rings is 2. The van der Waals surface area contributed by atoms with Gasteiger partial charge in [0.05, 0.1) is 29.7 Å². The van der Waals surface area contributed by atoms with Crippen molar-refractivity contribution in [2.24, 2.45) is 5.92 Å². The SMILES string of the molecule is O=C(NCc1ccco1)[C@H]1Cc2cc([N+](=O)[O-])ccc2N2CCN(c3ccc(Cl)cc3)C[C@@H]12. The Morgan fingerprint density at radius 3 is 2.73 bits per heavy atom. The Labute approximate surface area is 195 Å². The summed E-state index contributed by atoms with van der Waals surface area (Å²) < 4.78 is 5.34. The zero-order valence-electron chi connectivity index (χ0n) is 17.8. The smallest absolute Gasteiger partial charge is 0.269 e. The van der Waals surface area contributed by atoms with Crippen molar-refractivity contribution in [3.05, 3.63) is 87.3 Å². The largest absolute Gasteiger partial charge is 0.467 e. The Kier molecular flexibility index (Phi) is 5.68. The molecule has 1 saturated heterocycles. The molecule has 3 heterocycles. The van der Waals surface area contributed by atoms with Gasteiger partial charge in [-0.25, -0.2) is 0 Å². The van der Waals surface area contributed by atoms with Crippen molar-refractivity contribution >= 4 is 34.6 Å². The van der Waals surface area contributed by atoms with Crippen LogP contribution in [0.25, 0.3) is 0 Å². The number of halogens is 1. The zero-order valence-corrected chi connectivity index (χ0v) is 18.6. The minimum Gasteiger partial charge on any atom is -0.467 e. The van der Waals surface area contributed by atoms with E-state index < -0.39 is 4.92 Å². The molecule has 0 saturated carbocycles. The lowest BCUT2D eigenvalue weighted by atomic mass is 9.83. The molecule has 0 unspecified atom stereocenters. The van der Waals surface area contributed by atoms with Crippen LogP contribution in [0.15, 0.2) is 65.3 Å². The Hall–Kier alpha value is -3.52. The van der Waals surface area contributed by atoms with Gasteiger partial charge in [-0.2, -0.15) is 0 Å². The van der Waals surface area contributed by atoms with Crippen LogP contribution in [0.3, 0.4) is 0 Å². The molecule has 8 nitrogen and oxygen atoms in total. The molecule has 9 heteroatoms. The highest BCUT2D eigenvalue weighted by atomic mass is 35.5. The van der Waals surface area contributed by atoms with Crippen molar-refractivity contribution in [2.45, 2.75) is 19.0 Å². The van der Waals surface area contributed by atoms with E-state index in [-0.39, 0.29) is 23.6 Å². The normalized spacial score (nSPS) is 19.5. The Morgan fingerprint density at radius 2 is 2.00 bits per heavy atom. The number of amides is 1. The topological polar surface area (TPSA) is 91.9 Å². The third kappa shape index (κ3) is 4.26. The van der Waals surface area contributed by atoms with E-state index in [0.717, 1.165) is 23.5 Å². The molecule has 1 amide bonds. The van der Waals surface area contributed by atoms with Gasteiger partial charge in [0.1, 0.15) is 5.76 Å². The molecule has 3 aromatic rings. The van der Waals surface area contributed by atoms with Gasteiger partial charge in [0.2, 0.25) is 5.91 Å². The molecule has 33 heavy (non-hydrogen) atoms. The minimum absolute atomic E-state index is 0.0433. The molecule has 2 atom stereocenters. The van der Waals surface area contributed by atoms with Crippen LogP contribution < -0.4 is 15.1 Å². The second-order valence-electron chi connectivity index (χ2n) is 8.36. The van der Waals surface area contributed by atoms with Crippen molar-refractivity contribution in [1.29, 1.82) is 0 Å². The molecule has 5 rings (SSSR count). The number of carbonyl (C=O) groups excluding carboxylic acids is 1. The number of carbonyl (C=O) groups is 1. The number of anilines is 2. The second-order valence-corrected chi connectivity index (χ2v) is 8.80. The predicted octanol–water partition coefficient (Wildman–Crippen LogP) is 4.03. The van der Waals surface area contributed by atoms with Crippen molar-refractivity contribution in [3.63, 3.8) is 0 Å². The highest BCUT2D eigenvalue weighted by molar-refractivity contribution is 6.30. The number of fused-ring (bicyclic) bond motifs is 3. The molecule has 0 spiro atoms. The monoisotopic (exact) mass is 466 g/mol. The maximum Gasteiger partial charge on any atom is 0.269 e. The molecule has 1 fully saturated rings. The van der Waals surface area contributed by atoms with Gasteiger partial charge >= 0.3 is 0 Å². The van der Waals surface area contributed by atoms with Gasteiger partial charge in [-0.05, 0) is 54.4 Å². The number of hydrogen-bond donors (Lipinski definition) is 1. The fourth-order valence-corrected chi connectivity index (χ4v) is 4.95. The minimum atomic E-state index is -0.392. The molecular formula is C24H23ClN4O4. The van der Waals surface area contributed by atoms with Crippen LogP contribution >= 0.6 is 11.6 Å². The Morgan fingerprint density at radius 1 is 1.18 bits per heavy atom. The lowest BCUT2D eigenvalue weighted by Gasteiger charge is -2.49. The Bertz CT molecular complexity index is 1170. The van der Waals surface area contributed by atoms with Crippen LogP contribution in [0.4, 0.5) is 17.1 Å². The van der Waals surface area contributed by atoms with Gasteiger partial charge < -0.3 is 19.5 Å². The second kappa shape index (κ2) is 8.78. The number of nitrogens with zero attached hydrogens (tertiary/aromatic N) is 3. The fraction of sp³-hybridized carbons (Fsp3) is 0.292. The standard InChI is InChI=1S/C24H23ClN4O4/c25-17-3-5-18(6-4-17)27-9-10-28-22-8-7-19(29(31)32)12-16(22)13-21(23(28)15-27)24(30)26-14-20-2-1-11-33-20/h1-8,11-12,21,23H,9-10,13-15H2,(H,26,30)/t21-,23-/m0/s1. The number of nitro groups is 1. The molecular weight excluding hydrogens is 444 g/mol. The number of nitrogens with one attached hydrogen (secondary N) is 1. The summed E-state index contributed by atoms with van der Waals surface area (Å²) in [5.41, 5.74) is 2.90. The quantitative estimate of drug-likeness (QED) is 0.451. The van der Waals surface area contributed by atoms with Crippen molar-refractivity contribution in [1.82, 2.24) is 5.32 Å². The first-order valence-electron chi connectivity index (χ1n) is 10.8. The summed E-state index contributed by atoms with van der Waals surface area (Å²) in [6.45, 7) is 2.45. The van der Waals surface area contributed by atoms with Crippen LogP contribution in [0, 0.1) is 16.0 Å². The molecule has 0 radical (unpaired) electrons. The van der Waals surface area contributed by atoms with Crippen molar-refractivity contribution in [3.8, 4) is 0 Å². The number of piperazine rings is 1. The van der Waals surface area contributed by atoms with Crippen LogP contribution in [0.2, 0.25) is 5.02 Å². The van der Waals surface area contributed by atoms with Crippen LogP contribution in [0.1, 0.15) is 11.3 Å². The zero-order chi connectivity index (χ0) is 22.9. The molecule has 2 aliphatic rings. The van der Waals surface area contributed by atoms with Gasteiger partial charge in [-0.15, -0.1) is 0 Å². The van der Waals surface area contributed by atoms with Gasteiger partial charge in [-0.1, -0.05) is 11.6 Å². The third-order valence-electron chi connectivity index (χ3n) is 6.45. The third-order valence-corrected chi connectivity index (χ3v) is 6.70. The fourth-order valence-electron chi connectivity index (χ4n) is 4.83. The van der Waals surface area contributed by atoms with Gasteiger partial charge in [0, 0.05) is 48.2 Å². The maximum absolute atomic E-state index is 13.3. The molecule has 1 N–H and O–H groups in total. The summed E-state index contributed by atoms with van der Waals surface area (Å²) in [5, 5.41) is 15.0. The number of non-ortho nitro benzene ring substituents is 1. The number of rotatable bonds is 5. The summed E-state index contributed by atoms with van der Waals surface area (Å²) in [6, 6.07) is 16.2. The highest BCUT2D eigenvalue weighted by Crippen LogP contribution is 2.38. The van der Waals surface area contributed by atoms with Gasteiger partial charge in [0.25, 0.3) is 5.69 Å². The van der Waals surface area contributed by atoms with Crippen LogP contribution in [-0.4, -0.2) is 36.5 Å². The number of hydrogen-bond acceptors (Lipinski definition) is 6. The lowest BCUT2D eigenvalue weighted by Crippen LogP contribution is -2.61. The highest BCUT2D eigenvalue weighted by Gasteiger charge is 2.42. The molecule has 0 bridgehead atoms. The van der Waals surface area contributed by atoms with Gasteiger partial charge in [-0.3, -0.25) is 14.9 Å².